The van der Waals surface area contributed by atoms with Crippen LogP contribution in [0.3, 0.4) is 0 Å². The Bertz CT molecular complexity index is 589. The van der Waals surface area contributed by atoms with Crippen molar-refractivity contribution >= 4 is 12.1 Å². The van der Waals surface area contributed by atoms with Crippen LogP contribution in [-0.4, -0.2) is 35.7 Å². The molecule has 5 nitrogen and oxygen atoms in total. The van der Waals surface area contributed by atoms with Crippen molar-refractivity contribution in [1.82, 2.24) is 4.90 Å². The number of nitrogens with zero attached hydrogens (tertiary/aromatic N) is 1. The molecule has 1 unspecified atom stereocenters. The van der Waals surface area contributed by atoms with Crippen molar-refractivity contribution in [1.29, 1.82) is 0 Å². The Morgan fingerprint density at radius 3 is 2.55 bits per heavy atom. The predicted molar refractivity (Wildman–Crippen MR) is 83.2 cm³/mol. The molecule has 0 aliphatic carbocycles. The largest absolute Gasteiger partial charge is 0.465 e. The van der Waals surface area contributed by atoms with Crippen LogP contribution >= 0.6 is 0 Å². The number of ether oxygens (including phenoxy) is 1. The lowest BCUT2D eigenvalue weighted by Crippen LogP contribution is -2.30. The molecule has 2 rings (SSSR count). The molecular weight excluding hydrogens is 282 g/mol. The van der Waals surface area contributed by atoms with Crippen molar-refractivity contribution in [2.75, 3.05) is 13.7 Å². The van der Waals surface area contributed by atoms with Gasteiger partial charge in [0, 0.05) is 6.54 Å². The molecule has 0 bridgehead atoms. The van der Waals surface area contributed by atoms with E-state index in [1.807, 2.05) is 12.1 Å². The molecule has 1 saturated heterocycles. The quantitative estimate of drug-likeness (QED) is 0.848. The number of benzene rings is 1. The molecule has 1 N–H and O–H groups in total. The monoisotopic (exact) mass is 305 g/mol. The minimum Gasteiger partial charge on any atom is -0.465 e. The Balaban J connectivity index is 2.51. The Morgan fingerprint density at radius 2 is 2.00 bits per heavy atom. The maximum absolute atomic E-state index is 11.8. The fourth-order valence-electron chi connectivity index (χ4n) is 3.06. The van der Waals surface area contributed by atoms with Gasteiger partial charge < -0.3 is 14.7 Å². The molecule has 1 aliphatic heterocycles. The second-order valence-electron chi connectivity index (χ2n) is 6.68. The van der Waals surface area contributed by atoms with Gasteiger partial charge in [-0.05, 0) is 41.5 Å². The first-order valence-corrected chi connectivity index (χ1v) is 7.48. The van der Waals surface area contributed by atoms with Crippen LogP contribution in [0.5, 0.6) is 0 Å². The standard InChI is InChI=1S/C17H23NO4/c1-17(2,3)13-10-11(15(19)22-4)7-8-12(13)14-6-5-9-18(14)16(20)21/h7-8,10,14H,5-6,9H2,1-4H3,(H,20,21). The van der Waals surface area contributed by atoms with Gasteiger partial charge in [0.25, 0.3) is 0 Å². The maximum Gasteiger partial charge on any atom is 0.407 e. The number of likely N-dealkylation sites (tertiary alicyclic amines) is 1. The van der Waals surface area contributed by atoms with Gasteiger partial charge in [0.05, 0.1) is 18.7 Å². The van der Waals surface area contributed by atoms with Crippen LogP contribution in [0.1, 0.15) is 61.1 Å². The highest BCUT2D eigenvalue weighted by atomic mass is 16.5. The van der Waals surface area contributed by atoms with E-state index < -0.39 is 6.09 Å². The van der Waals surface area contributed by atoms with Crippen molar-refractivity contribution < 1.29 is 19.4 Å². The molecular formula is C17H23NO4. The van der Waals surface area contributed by atoms with E-state index in [4.69, 9.17) is 4.74 Å². The van der Waals surface area contributed by atoms with Crippen LogP contribution in [0.25, 0.3) is 0 Å². The minimum absolute atomic E-state index is 0.140. The van der Waals surface area contributed by atoms with Gasteiger partial charge in [0.15, 0.2) is 0 Å². The molecule has 1 heterocycles. The number of rotatable bonds is 2. The summed E-state index contributed by atoms with van der Waals surface area (Å²) in [5.74, 6) is -0.376. The zero-order valence-electron chi connectivity index (χ0n) is 13.5. The summed E-state index contributed by atoms with van der Waals surface area (Å²) in [6.45, 7) is 6.75. The Labute approximate surface area is 130 Å². The van der Waals surface area contributed by atoms with E-state index in [9.17, 15) is 14.7 Å². The summed E-state index contributed by atoms with van der Waals surface area (Å²) >= 11 is 0. The molecule has 0 aromatic heterocycles. The van der Waals surface area contributed by atoms with Crippen LogP contribution < -0.4 is 0 Å². The van der Waals surface area contributed by atoms with E-state index in [1.165, 1.54) is 12.0 Å². The maximum atomic E-state index is 11.8. The number of carbonyl (C=O) groups is 2. The van der Waals surface area contributed by atoms with Crippen LogP contribution in [0.2, 0.25) is 0 Å². The molecule has 1 atom stereocenters. The average molecular weight is 305 g/mol. The number of carboxylic acid groups (broad SMARTS) is 1. The topological polar surface area (TPSA) is 66.8 Å². The lowest BCUT2D eigenvalue weighted by Gasteiger charge is -2.29. The Morgan fingerprint density at radius 1 is 1.32 bits per heavy atom. The number of esters is 1. The molecule has 0 spiro atoms. The van der Waals surface area contributed by atoms with Crippen molar-refractivity contribution in [2.45, 2.75) is 45.1 Å². The van der Waals surface area contributed by atoms with Gasteiger partial charge >= 0.3 is 12.1 Å². The van der Waals surface area contributed by atoms with E-state index in [2.05, 4.69) is 20.8 Å². The third-order valence-electron chi connectivity index (χ3n) is 4.14. The first kappa shape index (κ1) is 16.3. The van der Waals surface area contributed by atoms with Crippen LogP contribution in [0, 0.1) is 0 Å². The van der Waals surface area contributed by atoms with Gasteiger partial charge in [0.2, 0.25) is 0 Å². The third kappa shape index (κ3) is 3.08. The molecule has 0 saturated carbocycles. The lowest BCUT2D eigenvalue weighted by molar-refractivity contribution is 0.0600. The summed E-state index contributed by atoms with van der Waals surface area (Å²) < 4.78 is 4.79. The second-order valence-corrected chi connectivity index (χ2v) is 6.68. The molecule has 1 aromatic carbocycles. The van der Waals surface area contributed by atoms with E-state index >= 15 is 0 Å². The molecule has 22 heavy (non-hydrogen) atoms. The molecule has 0 radical (unpaired) electrons. The molecule has 1 fully saturated rings. The summed E-state index contributed by atoms with van der Waals surface area (Å²) in [5.41, 5.74) is 2.29. The highest BCUT2D eigenvalue weighted by Gasteiger charge is 2.33. The summed E-state index contributed by atoms with van der Waals surface area (Å²) in [6.07, 6.45) is 0.783. The van der Waals surface area contributed by atoms with E-state index in [-0.39, 0.29) is 17.4 Å². The van der Waals surface area contributed by atoms with E-state index in [1.54, 1.807) is 6.07 Å². The number of carbonyl (C=O) groups excluding carboxylic acids is 1. The van der Waals surface area contributed by atoms with Gasteiger partial charge in [-0.25, -0.2) is 9.59 Å². The zero-order chi connectivity index (χ0) is 16.5. The summed E-state index contributed by atoms with van der Waals surface area (Å²) in [4.78, 5) is 24.7. The van der Waals surface area contributed by atoms with Crippen molar-refractivity contribution in [3.8, 4) is 0 Å². The first-order valence-electron chi connectivity index (χ1n) is 7.48. The van der Waals surface area contributed by atoms with Crippen LogP contribution in [-0.2, 0) is 10.2 Å². The Hall–Kier alpha value is -2.04. The van der Waals surface area contributed by atoms with Crippen molar-refractivity contribution in [2.24, 2.45) is 0 Å². The highest BCUT2D eigenvalue weighted by Crippen LogP contribution is 2.38. The van der Waals surface area contributed by atoms with Crippen molar-refractivity contribution in [3.05, 3.63) is 34.9 Å². The van der Waals surface area contributed by atoms with E-state index in [0.29, 0.717) is 12.1 Å². The first-order chi connectivity index (χ1) is 10.3. The number of methoxy groups -OCH3 is 1. The zero-order valence-corrected chi connectivity index (χ0v) is 13.5. The average Bonchev–Trinajstić information content (AvgIpc) is 2.94. The van der Waals surface area contributed by atoms with Gasteiger partial charge in [-0.2, -0.15) is 0 Å². The van der Waals surface area contributed by atoms with Crippen LogP contribution in [0.4, 0.5) is 4.79 Å². The molecule has 1 amide bonds. The second kappa shape index (κ2) is 5.99. The van der Waals surface area contributed by atoms with Crippen molar-refractivity contribution in [3.63, 3.8) is 0 Å². The lowest BCUT2D eigenvalue weighted by atomic mass is 9.80. The summed E-state index contributed by atoms with van der Waals surface area (Å²) in [7, 11) is 1.36. The minimum atomic E-state index is -0.889. The predicted octanol–water partition coefficient (Wildman–Crippen LogP) is 3.59. The third-order valence-corrected chi connectivity index (χ3v) is 4.14. The van der Waals surface area contributed by atoms with Gasteiger partial charge in [-0.3, -0.25) is 0 Å². The number of amides is 1. The normalized spacial score (nSPS) is 18.4. The smallest absolute Gasteiger partial charge is 0.407 e. The van der Waals surface area contributed by atoms with Gasteiger partial charge in [-0.15, -0.1) is 0 Å². The molecule has 120 valence electrons. The summed E-state index contributed by atoms with van der Waals surface area (Å²) in [6, 6.07) is 5.28. The highest BCUT2D eigenvalue weighted by molar-refractivity contribution is 5.89. The van der Waals surface area contributed by atoms with Crippen LogP contribution in [0.15, 0.2) is 18.2 Å². The fraction of sp³-hybridized carbons (Fsp3) is 0.529. The Kier molecular flexibility index (Phi) is 4.44. The van der Waals surface area contributed by atoms with Gasteiger partial charge in [0.1, 0.15) is 0 Å². The van der Waals surface area contributed by atoms with E-state index in [0.717, 1.165) is 24.0 Å². The summed E-state index contributed by atoms with van der Waals surface area (Å²) in [5, 5.41) is 9.37. The molecule has 1 aromatic rings. The molecule has 1 aliphatic rings. The number of hydrogen-bond donors (Lipinski definition) is 1. The fourth-order valence-corrected chi connectivity index (χ4v) is 3.06. The number of hydrogen-bond acceptors (Lipinski definition) is 3. The molecule has 5 heteroatoms. The SMILES string of the molecule is COC(=O)c1ccc(C2CCCN2C(=O)O)c(C(C)(C)C)c1. The van der Waals surface area contributed by atoms with Gasteiger partial charge in [-0.1, -0.05) is 26.8 Å².